The minimum Gasteiger partial charge on any atom is -0.431 e. The molecule has 5 rings (SSSR count). The first-order chi connectivity index (χ1) is 15.7. The van der Waals surface area contributed by atoms with Crippen LogP contribution >= 0.6 is 0 Å². The highest BCUT2D eigenvalue weighted by molar-refractivity contribution is 5.77. The van der Waals surface area contributed by atoms with Crippen LogP contribution in [-0.2, 0) is 16.9 Å². The summed E-state index contributed by atoms with van der Waals surface area (Å²) in [5, 5.41) is 2.97. The van der Waals surface area contributed by atoms with Crippen molar-refractivity contribution in [3.63, 3.8) is 0 Å². The molecular formula is C25H24N4O3. The van der Waals surface area contributed by atoms with Gasteiger partial charge in [0, 0.05) is 49.7 Å². The van der Waals surface area contributed by atoms with Crippen LogP contribution in [-0.4, -0.2) is 52.6 Å². The Kier molecular flexibility index (Phi) is 5.23. The van der Waals surface area contributed by atoms with Crippen LogP contribution in [0.3, 0.4) is 0 Å². The van der Waals surface area contributed by atoms with Crippen molar-refractivity contribution in [2.24, 2.45) is 0 Å². The van der Waals surface area contributed by atoms with E-state index < -0.39 is 5.60 Å². The number of pyridine rings is 1. The van der Waals surface area contributed by atoms with Gasteiger partial charge in [-0.2, -0.15) is 0 Å². The second kappa shape index (κ2) is 8.34. The van der Waals surface area contributed by atoms with Gasteiger partial charge in [0.05, 0.1) is 0 Å². The number of nitrogens with zero attached hydrogens (tertiary/aromatic N) is 3. The number of amides is 3. The summed E-state index contributed by atoms with van der Waals surface area (Å²) in [6.45, 7) is 1.64. The Morgan fingerprint density at radius 2 is 1.69 bits per heavy atom. The summed E-state index contributed by atoms with van der Waals surface area (Å²) in [5.74, 6) is 0. The molecule has 2 saturated heterocycles. The van der Waals surface area contributed by atoms with Crippen LogP contribution in [0.5, 0.6) is 0 Å². The quantitative estimate of drug-likeness (QED) is 0.691. The molecule has 1 unspecified atom stereocenters. The number of urea groups is 1. The molecule has 2 aliphatic rings. The molecule has 3 heterocycles. The van der Waals surface area contributed by atoms with Gasteiger partial charge >= 0.3 is 12.1 Å². The molecule has 7 nitrogen and oxygen atoms in total. The van der Waals surface area contributed by atoms with Crippen LogP contribution in [0.2, 0.25) is 0 Å². The summed E-state index contributed by atoms with van der Waals surface area (Å²) < 4.78 is 6.15. The van der Waals surface area contributed by atoms with Gasteiger partial charge < -0.3 is 15.0 Å². The molecule has 1 N–H and O–H groups in total. The second-order valence-corrected chi connectivity index (χ2v) is 8.01. The lowest BCUT2D eigenvalue weighted by atomic mass is 9.79. The van der Waals surface area contributed by atoms with Crippen molar-refractivity contribution in [1.82, 2.24) is 20.1 Å². The fourth-order valence-corrected chi connectivity index (χ4v) is 4.63. The maximum absolute atomic E-state index is 13.0. The van der Waals surface area contributed by atoms with Gasteiger partial charge in [-0.15, -0.1) is 0 Å². The number of benzene rings is 2. The van der Waals surface area contributed by atoms with Crippen LogP contribution < -0.4 is 5.32 Å². The average Bonchev–Trinajstić information content (AvgIpc) is 3.17. The molecule has 2 fully saturated rings. The fourth-order valence-electron chi connectivity index (χ4n) is 4.63. The lowest BCUT2D eigenvalue weighted by Crippen LogP contribution is -2.59. The Morgan fingerprint density at radius 3 is 2.31 bits per heavy atom. The molecule has 1 aromatic heterocycles. The topological polar surface area (TPSA) is 74.8 Å². The largest absolute Gasteiger partial charge is 0.431 e. The Morgan fingerprint density at radius 1 is 1.00 bits per heavy atom. The first kappa shape index (κ1) is 20.1. The molecule has 2 aromatic carbocycles. The van der Waals surface area contributed by atoms with E-state index in [0.717, 1.165) is 16.7 Å². The zero-order chi connectivity index (χ0) is 22.0. The molecule has 0 aliphatic carbocycles. The minimum atomic E-state index is -0.984. The Balaban J connectivity index is 1.45. The Bertz CT molecular complexity index is 1050. The molecular weight excluding hydrogens is 404 g/mol. The van der Waals surface area contributed by atoms with E-state index in [2.05, 4.69) is 10.3 Å². The summed E-state index contributed by atoms with van der Waals surface area (Å²) in [7, 11) is 0. The highest BCUT2D eigenvalue weighted by Gasteiger charge is 2.58. The highest BCUT2D eigenvalue weighted by atomic mass is 16.6. The van der Waals surface area contributed by atoms with Gasteiger partial charge in [-0.05, 0) is 11.6 Å². The second-order valence-electron chi connectivity index (χ2n) is 8.01. The summed E-state index contributed by atoms with van der Waals surface area (Å²) in [6, 6.07) is 22.8. The fraction of sp³-hybridized carbons (Fsp3) is 0.240. The summed E-state index contributed by atoms with van der Waals surface area (Å²) in [4.78, 5) is 33.5. The molecule has 3 aromatic rings. The van der Waals surface area contributed by atoms with Gasteiger partial charge in [0.25, 0.3) is 0 Å². The maximum atomic E-state index is 13.0. The average molecular weight is 428 g/mol. The van der Waals surface area contributed by atoms with Crippen LogP contribution in [0.4, 0.5) is 9.59 Å². The molecule has 0 bridgehead atoms. The molecule has 162 valence electrons. The number of nitrogens with one attached hydrogen (secondary N) is 1. The number of hydrogen-bond acceptors (Lipinski definition) is 4. The van der Waals surface area contributed by atoms with Crippen molar-refractivity contribution < 1.29 is 14.3 Å². The van der Waals surface area contributed by atoms with Crippen molar-refractivity contribution in [1.29, 1.82) is 0 Å². The molecule has 0 radical (unpaired) electrons. The SMILES string of the molecule is O=C(NCc1cccnc1)N1CCN2C(=O)OC(c3ccccc3)(c3ccccc3)C2C1. The summed E-state index contributed by atoms with van der Waals surface area (Å²) >= 11 is 0. The van der Waals surface area contributed by atoms with Gasteiger partial charge in [0.15, 0.2) is 5.60 Å². The van der Waals surface area contributed by atoms with E-state index in [9.17, 15) is 9.59 Å². The highest BCUT2D eigenvalue weighted by Crippen LogP contribution is 2.45. The van der Waals surface area contributed by atoms with E-state index in [-0.39, 0.29) is 18.2 Å². The number of rotatable bonds is 4. The van der Waals surface area contributed by atoms with Gasteiger partial charge in [-0.25, -0.2) is 9.59 Å². The van der Waals surface area contributed by atoms with Crippen molar-refractivity contribution in [3.8, 4) is 0 Å². The normalized spacial score (nSPS) is 19.2. The summed E-state index contributed by atoms with van der Waals surface area (Å²) in [5.41, 5.74) is 1.73. The van der Waals surface area contributed by atoms with E-state index in [1.165, 1.54) is 0 Å². The molecule has 0 spiro atoms. The van der Waals surface area contributed by atoms with E-state index in [1.54, 1.807) is 22.2 Å². The first-order valence-electron chi connectivity index (χ1n) is 10.7. The number of carbonyl (C=O) groups is 2. The lowest BCUT2D eigenvalue weighted by Gasteiger charge is -2.42. The molecule has 0 saturated carbocycles. The minimum absolute atomic E-state index is 0.164. The van der Waals surface area contributed by atoms with Crippen molar-refractivity contribution in [2.75, 3.05) is 19.6 Å². The third-order valence-corrected chi connectivity index (χ3v) is 6.19. The standard InChI is InChI=1S/C25H24N4O3/c30-23(27-17-19-8-7-13-26-16-19)28-14-15-29-22(18-28)25(32-24(29)31,20-9-3-1-4-10-20)21-11-5-2-6-12-21/h1-13,16,22H,14-15,17-18H2,(H,27,30). The molecule has 2 aliphatic heterocycles. The van der Waals surface area contributed by atoms with Crippen LogP contribution in [0.1, 0.15) is 16.7 Å². The number of fused-ring (bicyclic) bond motifs is 1. The third-order valence-electron chi connectivity index (χ3n) is 6.19. The van der Waals surface area contributed by atoms with E-state index in [0.29, 0.717) is 26.2 Å². The van der Waals surface area contributed by atoms with Gasteiger partial charge in [-0.1, -0.05) is 66.7 Å². The van der Waals surface area contributed by atoms with Gasteiger partial charge in [-0.3, -0.25) is 9.88 Å². The molecule has 3 amide bonds. The smallest absolute Gasteiger partial charge is 0.411 e. The van der Waals surface area contributed by atoms with Crippen molar-refractivity contribution in [3.05, 3.63) is 102 Å². The predicted octanol–water partition coefficient (Wildman–Crippen LogP) is 3.37. The number of piperazine rings is 1. The van der Waals surface area contributed by atoms with Crippen molar-refractivity contribution >= 4 is 12.1 Å². The zero-order valence-electron chi connectivity index (χ0n) is 17.6. The van der Waals surface area contributed by atoms with E-state index in [1.807, 2.05) is 72.8 Å². The predicted molar refractivity (Wildman–Crippen MR) is 119 cm³/mol. The van der Waals surface area contributed by atoms with Crippen molar-refractivity contribution in [2.45, 2.75) is 18.2 Å². The number of hydrogen-bond donors (Lipinski definition) is 1. The number of cyclic esters (lactones) is 1. The lowest BCUT2D eigenvalue weighted by molar-refractivity contribution is 0.0511. The molecule has 1 atom stereocenters. The molecule has 7 heteroatoms. The molecule has 32 heavy (non-hydrogen) atoms. The van der Waals surface area contributed by atoms with Gasteiger partial charge in [0.1, 0.15) is 6.04 Å². The van der Waals surface area contributed by atoms with Gasteiger partial charge in [0.2, 0.25) is 0 Å². The number of aromatic nitrogens is 1. The zero-order valence-corrected chi connectivity index (χ0v) is 17.6. The first-order valence-corrected chi connectivity index (χ1v) is 10.7. The monoisotopic (exact) mass is 428 g/mol. The van der Waals surface area contributed by atoms with E-state index in [4.69, 9.17) is 4.74 Å². The van der Waals surface area contributed by atoms with Crippen LogP contribution in [0.25, 0.3) is 0 Å². The number of ether oxygens (including phenoxy) is 1. The maximum Gasteiger partial charge on any atom is 0.411 e. The Hall–Kier alpha value is -3.87. The summed E-state index contributed by atoms with van der Waals surface area (Å²) in [6.07, 6.45) is 3.09. The number of carbonyl (C=O) groups excluding carboxylic acids is 2. The van der Waals surface area contributed by atoms with E-state index >= 15 is 0 Å². The van der Waals surface area contributed by atoms with Crippen LogP contribution in [0, 0.1) is 0 Å². The Labute approximate surface area is 186 Å². The van der Waals surface area contributed by atoms with Crippen LogP contribution in [0.15, 0.2) is 85.2 Å². The third kappa shape index (κ3) is 3.45.